The second-order valence-electron chi connectivity index (χ2n) is 12.9. The molecule has 5 heteroatoms. The third-order valence-electron chi connectivity index (χ3n) is 8.08. The Morgan fingerprint density at radius 1 is 0.816 bits per heavy atom. The van der Waals surface area contributed by atoms with Gasteiger partial charge in [0, 0.05) is 4.88 Å². The number of allylic oxidation sites excluding steroid dienone is 1. The van der Waals surface area contributed by atoms with E-state index in [4.69, 9.17) is 8.85 Å². The number of hydrogen-bond donors (Lipinski definition) is 0. The zero-order valence-corrected chi connectivity index (χ0v) is 27.8. The Morgan fingerprint density at radius 2 is 1.37 bits per heavy atom. The lowest BCUT2D eigenvalue weighted by molar-refractivity contribution is 0.184. The van der Waals surface area contributed by atoms with Crippen LogP contribution in [-0.4, -0.2) is 23.2 Å². The topological polar surface area (TPSA) is 18.5 Å². The van der Waals surface area contributed by atoms with E-state index in [2.05, 4.69) is 146 Å². The highest BCUT2D eigenvalue weighted by Crippen LogP contribution is 2.42. The molecule has 3 aromatic rings. The fourth-order valence-electron chi connectivity index (χ4n) is 4.71. The molecule has 0 aliphatic carbocycles. The maximum atomic E-state index is 7.57. The second-order valence-corrected chi connectivity index (χ2v) is 23.0. The van der Waals surface area contributed by atoms with Crippen LogP contribution in [0.15, 0.2) is 89.8 Å². The molecule has 0 saturated carbocycles. The minimum atomic E-state index is -2.64. The largest absolute Gasteiger partial charge is 0.413 e. The summed E-state index contributed by atoms with van der Waals surface area (Å²) in [6.07, 6.45) is 4.26. The molecule has 0 aliphatic heterocycles. The molecule has 0 saturated heterocycles. The number of thiophene rings is 1. The molecule has 2 aromatic carbocycles. The first kappa shape index (κ1) is 30.8. The average molecular weight is 565 g/mol. The summed E-state index contributed by atoms with van der Waals surface area (Å²) in [7, 11) is -4.39. The SMILES string of the molecule is C/C(=C\CO[Si](C)(C)C(C)(C)C)CCC(O[Si](c1ccccc1)(c1ccccc1)C(C)(C)C)c1cccs1. The monoisotopic (exact) mass is 564 g/mol. The summed E-state index contributed by atoms with van der Waals surface area (Å²) in [5, 5.41) is 5.01. The lowest BCUT2D eigenvalue weighted by atomic mass is 10.1. The van der Waals surface area contributed by atoms with E-state index in [0.717, 1.165) is 12.8 Å². The molecule has 0 amide bonds. The number of rotatable bonds is 11. The Labute approximate surface area is 238 Å². The Hall–Kier alpha value is -1.77. The third kappa shape index (κ3) is 7.25. The molecule has 206 valence electrons. The fourth-order valence-corrected chi connectivity index (χ4v) is 11.2. The predicted molar refractivity (Wildman–Crippen MR) is 172 cm³/mol. The van der Waals surface area contributed by atoms with Gasteiger partial charge in [0.2, 0.25) is 0 Å². The number of hydrogen-bond acceptors (Lipinski definition) is 3. The molecule has 1 aromatic heterocycles. The lowest BCUT2D eigenvalue weighted by Crippen LogP contribution is -2.66. The molecule has 0 N–H and O–H groups in total. The van der Waals surface area contributed by atoms with Crippen LogP contribution in [-0.2, 0) is 8.85 Å². The van der Waals surface area contributed by atoms with Crippen molar-refractivity contribution >= 4 is 38.3 Å². The van der Waals surface area contributed by atoms with Crippen molar-refractivity contribution in [1.29, 1.82) is 0 Å². The number of benzene rings is 2. The van der Waals surface area contributed by atoms with Gasteiger partial charge < -0.3 is 8.85 Å². The summed E-state index contributed by atoms with van der Waals surface area (Å²) in [5.41, 5.74) is 1.37. The molecule has 0 radical (unpaired) electrons. The molecule has 0 spiro atoms. The van der Waals surface area contributed by atoms with Crippen molar-refractivity contribution in [3.63, 3.8) is 0 Å². The molecule has 1 heterocycles. The van der Waals surface area contributed by atoms with Gasteiger partial charge in [-0.25, -0.2) is 0 Å². The van der Waals surface area contributed by atoms with Crippen molar-refractivity contribution < 1.29 is 8.85 Å². The van der Waals surface area contributed by atoms with Crippen LogP contribution < -0.4 is 10.4 Å². The molecule has 0 fully saturated rings. The summed E-state index contributed by atoms with van der Waals surface area (Å²) in [6, 6.07) is 26.3. The van der Waals surface area contributed by atoms with Crippen LogP contribution >= 0.6 is 11.3 Å². The Morgan fingerprint density at radius 3 is 1.82 bits per heavy atom. The molecule has 0 aliphatic rings. The summed E-state index contributed by atoms with van der Waals surface area (Å²) in [6.45, 7) is 21.5. The Balaban J connectivity index is 1.92. The quantitative estimate of drug-likeness (QED) is 0.171. The van der Waals surface area contributed by atoms with Crippen LogP contribution in [0.1, 0.15) is 72.3 Å². The lowest BCUT2D eigenvalue weighted by Gasteiger charge is -2.45. The van der Waals surface area contributed by atoms with Gasteiger partial charge >= 0.3 is 0 Å². The predicted octanol–water partition coefficient (Wildman–Crippen LogP) is 9.11. The summed E-state index contributed by atoms with van der Waals surface area (Å²) >= 11 is 1.81. The molecule has 3 rings (SSSR count). The standard InChI is InChI=1S/C33H48O2SSi2/c1-27(24-25-34-37(8,9)32(2,3)4)22-23-30(31-21-16-26-36-31)35-38(33(5,6)7,28-17-12-10-13-18-28)29-19-14-11-15-20-29/h10-21,24,26,30H,22-23,25H2,1-9H3/b27-24+. The molecule has 1 unspecified atom stereocenters. The highest BCUT2D eigenvalue weighted by molar-refractivity contribution is 7.10. The van der Waals surface area contributed by atoms with Gasteiger partial charge in [-0.15, -0.1) is 11.3 Å². The van der Waals surface area contributed by atoms with E-state index in [0.29, 0.717) is 6.61 Å². The first-order valence-electron chi connectivity index (χ1n) is 13.9. The summed E-state index contributed by atoms with van der Waals surface area (Å²) in [4.78, 5) is 1.31. The zero-order chi connectivity index (χ0) is 28.0. The van der Waals surface area contributed by atoms with E-state index in [9.17, 15) is 0 Å². The highest BCUT2D eigenvalue weighted by atomic mass is 32.1. The highest BCUT2D eigenvalue weighted by Gasteiger charge is 2.51. The summed E-state index contributed by atoms with van der Waals surface area (Å²) in [5.74, 6) is 0. The first-order valence-corrected chi connectivity index (χ1v) is 19.6. The van der Waals surface area contributed by atoms with Crippen LogP contribution in [0, 0.1) is 0 Å². The van der Waals surface area contributed by atoms with E-state index >= 15 is 0 Å². The van der Waals surface area contributed by atoms with Crippen LogP contribution in [0.5, 0.6) is 0 Å². The van der Waals surface area contributed by atoms with Crippen LogP contribution in [0.4, 0.5) is 0 Å². The van der Waals surface area contributed by atoms with Crippen molar-refractivity contribution in [3.05, 3.63) is 94.7 Å². The van der Waals surface area contributed by atoms with Gasteiger partial charge in [-0.3, -0.25) is 0 Å². The van der Waals surface area contributed by atoms with Gasteiger partial charge in [-0.05, 0) is 64.8 Å². The Bertz CT molecular complexity index is 1100. The van der Waals surface area contributed by atoms with E-state index < -0.39 is 16.6 Å². The van der Waals surface area contributed by atoms with Gasteiger partial charge in [0.15, 0.2) is 8.32 Å². The van der Waals surface area contributed by atoms with Gasteiger partial charge in [0.1, 0.15) is 0 Å². The van der Waals surface area contributed by atoms with Crippen LogP contribution in [0.25, 0.3) is 0 Å². The molecule has 38 heavy (non-hydrogen) atoms. The van der Waals surface area contributed by atoms with Gasteiger partial charge in [-0.1, -0.05) is 120 Å². The first-order chi connectivity index (χ1) is 17.8. The smallest absolute Gasteiger partial charge is 0.261 e. The molecular formula is C33H48O2SSi2. The van der Waals surface area contributed by atoms with Crippen LogP contribution in [0.2, 0.25) is 23.2 Å². The Kier molecular flexibility index (Phi) is 10.2. The molecule has 1 atom stereocenters. The molecule has 0 bridgehead atoms. The van der Waals surface area contributed by atoms with E-state index in [1.54, 1.807) is 11.3 Å². The van der Waals surface area contributed by atoms with Crippen molar-refractivity contribution in [2.75, 3.05) is 6.61 Å². The van der Waals surface area contributed by atoms with Crippen molar-refractivity contribution in [1.82, 2.24) is 0 Å². The fraction of sp³-hybridized carbons (Fsp3) is 0.455. The van der Waals surface area contributed by atoms with E-state index in [1.165, 1.54) is 20.8 Å². The van der Waals surface area contributed by atoms with E-state index in [-0.39, 0.29) is 16.2 Å². The maximum Gasteiger partial charge on any atom is 0.261 e. The summed E-state index contributed by atoms with van der Waals surface area (Å²) < 4.78 is 14.0. The van der Waals surface area contributed by atoms with Gasteiger partial charge in [0.05, 0.1) is 12.7 Å². The second kappa shape index (κ2) is 12.6. The average Bonchev–Trinajstić information content (AvgIpc) is 3.39. The molecular weight excluding hydrogens is 517 g/mol. The zero-order valence-electron chi connectivity index (χ0n) is 25.0. The van der Waals surface area contributed by atoms with Gasteiger partial charge in [-0.2, -0.15) is 0 Å². The van der Waals surface area contributed by atoms with Crippen LogP contribution in [0.3, 0.4) is 0 Å². The minimum Gasteiger partial charge on any atom is -0.413 e. The van der Waals surface area contributed by atoms with Gasteiger partial charge in [0.25, 0.3) is 8.32 Å². The van der Waals surface area contributed by atoms with E-state index in [1.807, 2.05) is 0 Å². The minimum absolute atomic E-state index is 0.0333. The van der Waals surface area contributed by atoms with Crippen molar-refractivity contribution in [3.8, 4) is 0 Å². The normalized spacial score (nSPS) is 14.5. The third-order valence-corrected chi connectivity index (χ3v) is 18.6. The van der Waals surface area contributed by atoms with Crippen molar-refractivity contribution in [2.45, 2.75) is 90.6 Å². The molecule has 2 nitrogen and oxygen atoms in total. The maximum absolute atomic E-state index is 7.57. The van der Waals surface area contributed by atoms with Crippen molar-refractivity contribution in [2.24, 2.45) is 0 Å².